The molecule has 0 aromatic carbocycles. The molecule has 0 spiro atoms. The molecule has 2 rings (SSSR count). The Kier molecular flexibility index (Phi) is 5.30. The molecule has 0 bridgehead atoms. The van der Waals surface area contributed by atoms with Gasteiger partial charge in [-0.25, -0.2) is 9.59 Å². The van der Waals surface area contributed by atoms with Gasteiger partial charge in [-0.15, -0.1) is 0 Å². The van der Waals surface area contributed by atoms with Crippen LogP contribution < -0.4 is 0 Å². The second-order valence-corrected chi connectivity index (χ2v) is 6.51. The van der Waals surface area contributed by atoms with Crippen LogP contribution in [-0.2, 0) is 16.0 Å². The van der Waals surface area contributed by atoms with Crippen LogP contribution in [-0.4, -0.2) is 60.8 Å². The van der Waals surface area contributed by atoms with Crippen molar-refractivity contribution < 1.29 is 23.5 Å². The van der Waals surface area contributed by atoms with Crippen LogP contribution in [0.1, 0.15) is 36.9 Å². The summed E-state index contributed by atoms with van der Waals surface area (Å²) in [7, 11) is 1.33. The Balaban J connectivity index is 1.87. The van der Waals surface area contributed by atoms with Crippen molar-refractivity contribution in [3.63, 3.8) is 0 Å². The van der Waals surface area contributed by atoms with Crippen molar-refractivity contribution in [2.75, 3.05) is 33.3 Å². The van der Waals surface area contributed by atoms with E-state index in [-0.39, 0.29) is 11.9 Å². The first-order valence-corrected chi connectivity index (χ1v) is 7.65. The van der Waals surface area contributed by atoms with Crippen LogP contribution >= 0.6 is 0 Å². The zero-order valence-corrected chi connectivity index (χ0v) is 14.1. The average Bonchev–Trinajstić information content (AvgIpc) is 2.93. The standard InChI is InChI=1S/C16H24N2O5/c1-16(2,3)23-15(20)18-8-6-17(7-9-18)11-12-5-10-22-13(12)14(19)21-4/h5,10H,6-9,11H2,1-4H3. The highest BCUT2D eigenvalue weighted by Crippen LogP contribution is 2.17. The van der Waals surface area contributed by atoms with Gasteiger partial charge in [-0.2, -0.15) is 0 Å². The summed E-state index contributed by atoms with van der Waals surface area (Å²) in [5.41, 5.74) is 0.308. The van der Waals surface area contributed by atoms with E-state index in [4.69, 9.17) is 13.9 Å². The van der Waals surface area contributed by atoms with Gasteiger partial charge in [0.15, 0.2) is 0 Å². The Morgan fingerprint density at radius 2 is 1.87 bits per heavy atom. The second-order valence-electron chi connectivity index (χ2n) is 6.51. The molecule has 1 aromatic heterocycles. The van der Waals surface area contributed by atoms with E-state index >= 15 is 0 Å². The number of hydrogen-bond acceptors (Lipinski definition) is 6. The third kappa shape index (κ3) is 4.72. The van der Waals surface area contributed by atoms with E-state index in [0.29, 0.717) is 32.7 Å². The highest BCUT2D eigenvalue weighted by atomic mass is 16.6. The summed E-state index contributed by atoms with van der Waals surface area (Å²) in [5.74, 6) is -0.237. The molecule has 0 atom stereocenters. The topological polar surface area (TPSA) is 72.2 Å². The molecule has 1 aliphatic heterocycles. The molecule has 0 saturated carbocycles. The summed E-state index contributed by atoms with van der Waals surface area (Å²) in [6, 6.07) is 1.77. The molecule has 0 aliphatic carbocycles. The van der Waals surface area contributed by atoms with Crippen molar-refractivity contribution in [1.29, 1.82) is 0 Å². The lowest BCUT2D eigenvalue weighted by atomic mass is 10.2. The maximum atomic E-state index is 12.0. The maximum Gasteiger partial charge on any atom is 0.410 e. The van der Waals surface area contributed by atoms with Gasteiger partial charge in [0.1, 0.15) is 5.60 Å². The third-order valence-electron chi connectivity index (χ3n) is 3.54. The van der Waals surface area contributed by atoms with Crippen LogP contribution in [0.15, 0.2) is 16.7 Å². The minimum absolute atomic E-state index is 0.238. The number of rotatable bonds is 3. The van der Waals surface area contributed by atoms with Crippen molar-refractivity contribution in [2.45, 2.75) is 32.9 Å². The van der Waals surface area contributed by atoms with Crippen molar-refractivity contribution in [3.8, 4) is 0 Å². The smallest absolute Gasteiger partial charge is 0.410 e. The van der Waals surface area contributed by atoms with E-state index in [2.05, 4.69) is 4.90 Å². The zero-order chi connectivity index (χ0) is 17.0. The van der Waals surface area contributed by atoms with Crippen LogP contribution in [0, 0.1) is 0 Å². The largest absolute Gasteiger partial charge is 0.463 e. The average molecular weight is 324 g/mol. The predicted molar refractivity (Wildman–Crippen MR) is 83.1 cm³/mol. The monoisotopic (exact) mass is 324 g/mol. The Hall–Kier alpha value is -2.02. The Bertz CT molecular complexity index is 553. The fourth-order valence-electron chi connectivity index (χ4n) is 2.39. The van der Waals surface area contributed by atoms with Gasteiger partial charge in [-0.1, -0.05) is 0 Å². The summed E-state index contributed by atoms with van der Waals surface area (Å²) in [6.45, 7) is 8.77. The number of ether oxygens (including phenoxy) is 2. The fraction of sp³-hybridized carbons (Fsp3) is 0.625. The van der Waals surface area contributed by atoms with E-state index in [1.165, 1.54) is 13.4 Å². The zero-order valence-electron chi connectivity index (χ0n) is 14.1. The predicted octanol–water partition coefficient (Wildman–Crippen LogP) is 2.12. The first kappa shape index (κ1) is 17.3. The molecule has 7 nitrogen and oxygen atoms in total. The summed E-state index contributed by atoms with van der Waals surface area (Å²) >= 11 is 0. The lowest BCUT2D eigenvalue weighted by molar-refractivity contribution is 0.0138. The van der Waals surface area contributed by atoms with Gasteiger partial charge in [0.05, 0.1) is 13.4 Å². The minimum Gasteiger partial charge on any atom is -0.463 e. The number of piperazine rings is 1. The van der Waals surface area contributed by atoms with Crippen LogP contribution in [0.3, 0.4) is 0 Å². The van der Waals surface area contributed by atoms with Gasteiger partial charge >= 0.3 is 12.1 Å². The molecule has 0 N–H and O–H groups in total. The summed E-state index contributed by atoms with van der Waals surface area (Å²) in [4.78, 5) is 27.5. The molecule has 2 heterocycles. The highest BCUT2D eigenvalue weighted by Gasteiger charge is 2.27. The van der Waals surface area contributed by atoms with E-state index in [9.17, 15) is 9.59 Å². The first-order valence-electron chi connectivity index (χ1n) is 7.65. The molecule has 23 heavy (non-hydrogen) atoms. The van der Waals surface area contributed by atoms with Crippen molar-refractivity contribution in [1.82, 2.24) is 9.80 Å². The van der Waals surface area contributed by atoms with E-state index < -0.39 is 11.6 Å². The lowest BCUT2D eigenvalue weighted by Crippen LogP contribution is -2.49. The summed E-state index contributed by atoms with van der Waals surface area (Å²) in [6.07, 6.45) is 1.20. The molecular weight excluding hydrogens is 300 g/mol. The molecule has 1 fully saturated rings. The number of hydrogen-bond donors (Lipinski definition) is 0. The molecule has 0 unspecified atom stereocenters. The SMILES string of the molecule is COC(=O)c1occc1CN1CCN(C(=O)OC(C)(C)C)CC1. The number of carbonyl (C=O) groups excluding carboxylic acids is 2. The molecule has 1 aliphatic rings. The quantitative estimate of drug-likeness (QED) is 0.793. The second kappa shape index (κ2) is 7.04. The van der Waals surface area contributed by atoms with Gasteiger partial charge in [-0.05, 0) is 26.8 Å². The van der Waals surface area contributed by atoms with Gasteiger partial charge in [0.25, 0.3) is 0 Å². The van der Waals surface area contributed by atoms with Crippen LogP contribution in [0.4, 0.5) is 4.79 Å². The summed E-state index contributed by atoms with van der Waals surface area (Å²) in [5, 5.41) is 0. The Morgan fingerprint density at radius 3 is 2.43 bits per heavy atom. The Morgan fingerprint density at radius 1 is 1.22 bits per heavy atom. The molecule has 0 radical (unpaired) electrons. The maximum absolute atomic E-state index is 12.0. The van der Waals surface area contributed by atoms with Gasteiger partial charge in [-0.3, -0.25) is 4.90 Å². The molecule has 1 amide bonds. The number of amides is 1. The summed E-state index contributed by atoms with van der Waals surface area (Å²) < 4.78 is 15.3. The van der Waals surface area contributed by atoms with Crippen molar-refractivity contribution in [2.24, 2.45) is 0 Å². The van der Waals surface area contributed by atoms with Crippen LogP contribution in [0.25, 0.3) is 0 Å². The van der Waals surface area contributed by atoms with E-state index in [0.717, 1.165) is 5.56 Å². The first-order chi connectivity index (χ1) is 10.8. The van der Waals surface area contributed by atoms with Gasteiger partial charge < -0.3 is 18.8 Å². The van der Waals surface area contributed by atoms with Crippen molar-refractivity contribution >= 4 is 12.1 Å². The van der Waals surface area contributed by atoms with E-state index in [1.807, 2.05) is 20.8 Å². The van der Waals surface area contributed by atoms with Crippen LogP contribution in [0.5, 0.6) is 0 Å². The molecular formula is C16H24N2O5. The molecule has 1 saturated heterocycles. The lowest BCUT2D eigenvalue weighted by Gasteiger charge is -2.35. The number of methoxy groups -OCH3 is 1. The van der Waals surface area contributed by atoms with Gasteiger partial charge in [0, 0.05) is 38.3 Å². The van der Waals surface area contributed by atoms with E-state index in [1.54, 1.807) is 11.0 Å². The third-order valence-corrected chi connectivity index (χ3v) is 3.54. The number of esters is 1. The normalized spacial score (nSPS) is 16.3. The number of carbonyl (C=O) groups is 2. The molecule has 1 aromatic rings. The fourth-order valence-corrected chi connectivity index (χ4v) is 2.39. The van der Waals surface area contributed by atoms with Crippen LogP contribution in [0.2, 0.25) is 0 Å². The van der Waals surface area contributed by atoms with Crippen molar-refractivity contribution in [3.05, 3.63) is 23.7 Å². The highest BCUT2D eigenvalue weighted by molar-refractivity contribution is 5.87. The Labute approximate surface area is 136 Å². The number of furan rings is 1. The number of nitrogens with zero attached hydrogens (tertiary/aromatic N) is 2. The molecule has 7 heteroatoms. The molecule has 128 valence electrons. The minimum atomic E-state index is -0.486. The van der Waals surface area contributed by atoms with Gasteiger partial charge in [0.2, 0.25) is 5.76 Å².